The van der Waals surface area contributed by atoms with E-state index in [-0.39, 0.29) is 6.09 Å². The minimum atomic E-state index is -0.973. The highest BCUT2D eigenvalue weighted by molar-refractivity contribution is 9.10. The van der Waals surface area contributed by atoms with Gasteiger partial charge in [0.25, 0.3) is 0 Å². The van der Waals surface area contributed by atoms with Gasteiger partial charge in [-0.25, -0.2) is 9.59 Å². The van der Waals surface area contributed by atoms with Gasteiger partial charge in [0.05, 0.1) is 6.54 Å². The van der Waals surface area contributed by atoms with Gasteiger partial charge in [-0.1, -0.05) is 34.5 Å². The number of benzene rings is 2. The highest BCUT2D eigenvalue weighted by Crippen LogP contribution is 2.27. The number of carboxylic acid groups (broad SMARTS) is 1. The number of ether oxygens (including phenoxy) is 3. The topological polar surface area (TPSA) is 85.3 Å². The van der Waals surface area contributed by atoms with Crippen LogP contribution in [0, 0.1) is 5.92 Å². The number of carbonyl (C=O) groups is 2. The van der Waals surface area contributed by atoms with Gasteiger partial charge in [0.2, 0.25) is 0 Å². The summed E-state index contributed by atoms with van der Waals surface area (Å²) in [5.74, 6) is 0.699. The van der Waals surface area contributed by atoms with E-state index in [0.29, 0.717) is 50.1 Å². The summed E-state index contributed by atoms with van der Waals surface area (Å²) in [7, 11) is 0. The van der Waals surface area contributed by atoms with Crippen LogP contribution in [0.1, 0.15) is 31.7 Å². The van der Waals surface area contributed by atoms with Gasteiger partial charge in [0.15, 0.2) is 6.10 Å². The van der Waals surface area contributed by atoms with Crippen LogP contribution in [0.4, 0.5) is 4.79 Å². The molecule has 3 rings (SSSR count). The Morgan fingerprint density at radius 2 is 1.76 bits per heavy atom. The maximum absolute atomic E-state index is 12.7. The molecule has 0 aromatic heterocycles. The number of carboxylic acids is 1. The molecule has 1 aliphatic rings. The van der Waals surface area contributed by atoms with Gasteiger partial charge in [-0.15, -0.1) is 0 Å². The smallest absolute Gasteiger partial charge is 0.415 e. The van der Waals surface area contributed by atoms with E-state index in [0.717, 1.165) is 22.9 Å². The minimum absolute atomic E-state index is 0.292. The first kappa shape index (κ1) is 25.1. The number of amides is 1. The number of hydrogen-bond donors (Lipinski definition) is 1. The van der Waals surface area contributed by atoms with Gasteiger partial charge < -0.3 is 24.2 Å². The summed E-state index contributed by atoms with van der Waals surface area (Å²) in [5.41, 5.74) is 0.855. The first-order valence-corrected chi connectivity index (χ1v) is 12.0. The molecular weight excluding hydrogens is 490 g/mol. The molecule has 7 nitrogen and oxygen atoms in total. The van der Waals surface area contributed by atoms with Crippen LogP contribution in [0.25, 0.3) is 0 Å². The molecule has 0 heterocycles. The lowest BCUT2D eigenvalue weighted by Crippen LogP contribution is -2.41. The maximum Gasteiger partial charge on any atom is 0.415 e. The Kier molecular flexibility index (Phi) is 9.57. The standard InChI is InChI=1S/C25H30BrNO6/c1-2-31-23(24(28)29)16-18-6-10-21(11-7-18)32-15-14-27(17-19-4-3-5-19)25(30)33-22-12-8-20(26)9-13-22/h6-13,19,23H,2-5,14-17H2,1H3,(H,28,29). The van der Waals surface area contributed by atoms with Gasteiger partial charge in [-0.05, 0) is 67.6 Å². The molecule has 0 bridgehead atoms. The minimum Gasteiger partial charge on any atom is -0.492 e. The molecule has 1 saturated carbocycles. The molecule has 2 aromatic rings. The fraction of sp³-hybridized carbons (Fsp3) is 0.440. The van der Waals surface area contributed by atoms with Crippen molar-refractivity contribution in [1.82, 2.24) is 4.90 Å². The number of rotatable bonds is 12. The van der Waals surface area contributed by atoms with E-state index in [1.165, 1.54) is 6.42 Å². The average Bonchev–Trinajstić information content (AvgIpc) is 2.77. The molecular formula is C25H30BrNO6. The molecule has 1 aliphatic carbocycles. The lowest BCUT2D eigenvalue weighted by Gasteiger charge is -2.31. The van der Waals surface area contributed by atoms with Crippen LogP contribution in [0.5, 0.6) is 11.5 Å². The lowest BCUT2D eigenvalue weighted by molar-refractivity contribution is -0.149. The van der Waals surface area contributed by atoms with Crippen LogP contribution in [0.15, 0.2) is 53.0 Å². The second-order valence-corrected chi connectivity index (χ2v) is 8.96. The van der Waals surface area contributed by atoms with E-state index < -0.39 is 12.1 Å². The summed E-state index contributed by atoms with van der Waals surface area (Å²) < 4.78 is 17.6. The fourth-order valence-electron chi connectivity index (χ4n) is 3.54. The van der Waals surface area contributed by atoms with Crippen LogP contribution in [-0.2, 0) is 16.0 Å². The van der Waals surface area contributed by atoms with Gasteiger partial charge in [-0.3, -0.25) is 0 Å². The zero-order valence-corrected chi connectivity index (χ0v) is 20.3. The van der Waals surface area contributed by atoms with Crippen LogP contribution in [0.3, 0.4) is 0 Å². The Bertz CT molecular complexity index is 898. The number of hydrogen-bond acceptors (Lipinski definition) is 5. The number of halogens is 1. The van der Waals surface area contributed by atoms with E-state index in [2.05, 4.69) is 15.9 Å². The molecule has 1 amide bonds. The SMILES string of the molecule is CCOC(Cc1ccc(OCCN(CC2CCC2)C(=O)Oc2ccc(Br)cc2)cc1)C(=O)O. The van der Waals surface area contributed by atoms with Gasteiger partial charge in [0, 0.05) is 24.0 Å². The third-order valence-electron chi connectivity index (χ3n) is 5.60. The first-order valence-electron chi connectivity index (χ1n) is 11.2. The van der Waals surface area contributed by atoms with Crippen molar-refractivity contribution in [2.45, 2.75) is 38.7 Å². The summed E-state index contributed by atoms with van der Waals surface area (Å²) in [6.45, 7) is 3.53. The Morgan fingerprint density at radius 3 is 2.33 bits per heavy atom. The highest BCUT2D eigenvalue weighted by atomic mass is 79.9. The summed E-state index contributed by atoms with van der Waals surface area (Å²) in [5, 5.41) is 9.23. The van der Waals surface area contributed by atoms with Gasteiger partial charge >= 0.3 is 12.1 Å². The predicted molar refractivity (Wildman–Crippen MR) is 128 cm³/mol. The molecule has 33 heavy (non-hydrogen) atoms. The van der Waals surface area contributed by atoms with Crippen LogP contribution >= 0.6 is 15.9 Å². The second kappa shape index (κ2) is 12.6. The third-order valence-corrected chi connectivity index (χ3v) is 6.13. The Morgan fingerprint density at radius 1 is 1.09 bits per heavy atom. The van der Waals surface area contributed by atoms with Crippen molar-refractivity contribution in [3.8, 4) is 11.5 Å². The number of nitrogens with zero attached hydrogens (tertiary/aromatic N) is 1. The van der Waals surface area contributed by atoms with Crippen molar-refractivity contribution < 1.29 is 28.9 Å². The third kappa shape index (κ3) is 8.05. The molecule has 0 aliphatic heterocycles. The van der Waals surface area contributed by atoms with Crippen molar-refractivity contribution in [2.24, 2.45) is 5.92 Å². The van der Waals surface area contributed by atoms with E-state index in [9.17, 15) is 14.7 Å². The fourth-order valence-corrected chi connectivity index (χ4v) is 3.80. The van der Waals surface area contributed by atoms with Crippen LogP contribution in [0.2, 0.25) is 0 Å². The first-order chi connectivity index (χ1) is 15.9. The molecule has 8 heteroatoms. The molecule has 178 valence electrons. The van der Waals surface area contributed by atoms with Gasteiger partial charge in [0.1, 0.15) is 18.1 Å². The quantitative estimate of drug-likeness (QED) is 0.416. The Labute approximate surface area is 202 Å². The Hall–Kier alpha value is -2.58. The normalized spacial score (nSPS) is 14.2. The molecule has 1 fully saturated rings. The second-order valence-electron chi connectivity index (χ2n) is 8.04. The van der Waals surface area contributed by atoms with Crippen LogP contribution in [-0.4, -0.2) is 54.5 Å². The lowest BCUT2D eigenvalue weighted by atomic mass is 9.85. The summed E-state index contributed by atoms with van der Waals surface area (Å²) >= 11 is 3.38. The van der Waals surface area contributed by atoms with Gasteiger partial charge in [-0.2, -0.15) is 0 Å². The summed E-state index contributed by atoms with van der Waals surface area (Å²) in [6, 6.07) is 14.4. The van der Waals surface area contributed by atoms with E-state index in [4.69, 9.17) is 14.2 Å². The molecule has 2 aromatic carbocycles. The van der Waals surface area contributed by atoms with Crippen molar-refractivity contribution in [1.29, 1.82) is 0 Å². The Balaban J connectivity index is 1.51. The summed E-state index contributed by atoms with van der Waals surface area (Å²) in [4.78, 5) is 25.7. The molecule has 0 spiro atoms. The van der Waals surface area contributed by atoms with Crippen molar-refractivity contribution >= 4 is 28.0 Å². The number of carbonyl (C=O) groups excluding carboxylic acids is 1. The molecule has 0 saturated heterocycles. The van der Waals surface area contributed by atoms with E-state index in [1.54, 1.807) is 36.1 Å². The molecule has 1 atom stereocenters. The van der Waals surface area contributed by atoms with Crippen LogP contribution < -0.4 is 9.47 Å². The largest absolute Gasteiger partial charge is 0.492 e. The zero-order valence-electron chi connectivity index (χ0n) is 18.7. The van der Waals surface area contributed by atoms with E-state index >= 15 is 0 Å². The average molecular weight is 520 g/mol. The molecule has 1 unspecified atom stereocenters. The molecule has 1 N–H and O–H groups in total. The highest BCUT2D eigenvalue weighted by Gasteiger charge is 2.25. The van der Waals surface area contributed by atoms with E-state index in [1.807, 2.05) is 24.3 Å². The molecule has 0 radical (unpaired) electrons. The monoisotopic (exact) mass is 519 g/mol. The number of aliphatic carboxylic acids is 1. The maximum atomic E-state index is 12.7. The summed E-state index contributed by atoms with van der Waals surface area (Å²) in [6.07, 6.45) is 2.51. The van der Waals surface area contributed by atoms with Crippen molar-refractivity contribution in [3.05, 3.63) is 58.6 Å². The van der Waals surface area contributed by atoms with Crippen molar-refractivity contribution in [2.75, 3.05) is 26.3 Å². The predicted octanol–water partition coefficient (Wildman–Crippen LogP) is 5.16. The zero-order chi connectivity index (χ0) is 23.6. The van der Waals surface area contributed by atoms with Crippen molar-refractivity contribution in [3.63, 3.8) is 0 Å².